The van der Waals surface area contributed by atoms with Crippen LogP contribution in [-0.4, -0.2) is 28.9 Å². The molecule has 1 N–H and O–H groups in total. The summed E-state index contributed by atoms with van der Waals surface area (Å²) in [6.07, 6.45) is 1.49. The lowest BCUT2D eigenvalue weighted by Crippen LogP contribution is -2.30. The molecule has 0 bridgehead atoms. The van der Waals surface area contributed by atoms with E-state index in [-0.39, 0.29) is 10.9 Å². The molecule has 0 saturated carbocycles. The molecule has 3 aromatic rings. The maximum atomic E-state index is 13.7. The van der Waals surface area contributed by atoms with Crippen LogP contribution in [0.5, 0.6) is 0 Å². The maximum Gasteiger partial charge on any atom is 0.256 e. The summed E-state index contributed by atoms with van der Waals surface area (Å²) >= 11 is 12.5. The number of fused-ring (bicyclic) bond motifs is 1. The van der Waals surface area contributed by atoms with Crippen LogP contribution in [0.4, 0.5) is 15.9 Å². The monoisotopic (exact) mass is 405 g/mol. The van der Waals surface area contributed by atoms with E-state index in [0.29, 0.717) is 46.0 Å². The molecule has 1 amide bonds. The summed E-state index contributed by atoms with van der Waals surface area (Å²) in [5.74, 6) is -0.227. The van der Waals surface area contributed by atoms with Gasteiger partial charge in [0.15, 0.2) is 0 Å². The predicted octanol–water partition coefficient (Wildman–Crippen LogP) is 5.91. The molecule has 3 rings (SSSR count). The zero-order valence-corrected chi connectivity index (χ0v) is 16.4. The summed E-state index contributed by atoms with van der Waals surface area (Å²) in [7, 11) is 0. The number of amides is 1. The largest absolute Gasteiger partial charge is 0.339 e. The van der Waals surface area contributed by atoms with Crippen molar-refractivity contribution in [3.63, 3.8) is 0 Å². The van der Waals surface area contributed by atoms with Crippen molar-refractivity contribution in [1.29, 1.82) is 0 Å². The smallest absolute Gasteiger partial charge is 0.256 e. The number of nitrogens with zero attached hydrogens (tertiary/aromatic N) is 2. The van der Waals surface area contributed by atoms with Crippen molar-refractivity contribution in [2.75, 3.05) is 18.4 Å². The fourth-order valence-electron chi connectivity index (χ4n) is 2.93. The molecule has 0 atom stereocenters. The van der Waals surface area contributed by atoms with E-state index in [2.05, 4.69) is 10.3 Å². The third-order valence-corrected chi connectivity index (χ3v) is 5.05. The third-order valence-electron chi connectivity index (χ3n) is 4.35. The Kier molecular flexibility index (Phi) is 5.82. The van der Waals surface area contributed by atoms with Gasteiger partial charge in [-0.2, -0.15) is 0 Å². The fraction of sp³-hybridized carbons (Fsp3) is 0.200. The summed E-state index contributed by atoms with van der Waals surface area (Å²) in [4.78, 5) is 19.0. The molecule has 140 valence electrons. The summed E-state index contributed by atoms with van der Waals surface area (Å²) in [6, 6.07) is 9.79. The van der Waals surface area contributed by atoms with Crippen molar-refractivity contribution >= 4 is 51.4 Å². The van der Waals surface area contributed by atoms with Gasteiger partial charge < -0.3 is 10.2 Å². The van der Waals surface area contributed by atoms with Gasteiger partial charge in [-0.25, -0.2) is 9.37 Å². The molecule has 0 radical (unpaired) electrons. The molecular formula is C20H18Cl2FN3O. The number of hydrogen-bond donors (Lipinski definition) is 1. The van der Waals surface area contributed by atoms with E-state index in [9.17, 15) is 9.18 Å². The standard InChI is InChI=1S/C20H18Cl2FN3O/c1-3-26(4-2)20(27)13-11-24-19(12-7-5-8-14(21)17(12)13)25-16-10-6-9-15(23)18(16)22/h5-11H,3-4H2,1-2H3,(H,24,25). The van der Waals surface area contributed by atoms with E-state index in [0.717, 1.165) is 0 Å². The minimum absolute atomic E-state index is 0.0298. The number of pyridine rings is 1. The molecule has 0 saturated heterocycles. The summed E-state index contributed by atoms with van der Waals surface area (Å²) in [6.45, 7) is 5.00. The Morgan fingerprint density at radius 3 is 2.56 bits per heavy atom. The molecule has 0 aliphatic rings. The maximum absolute atomic E-state index is 13.7. The van der Waals surface area contributed by atoms with Crippen molar-refractivity contribution < 1.29 is 9.18 Å². The van der Waals surface area contributed by atoms with Gasteiger partial charge in [0, 0.05) is 35.1 Å². The number of anilines is 2. The first-order chi connectivity index (χ1) is 13.0. The van der Waals surface area contributed by atoms with Gasteiger partial charge in [0.1, 0.15) is 11.6 Å². The number of carbonyl (C=O) groups excluding carboxylic acids is 1. The van der Waals surface area contributed by atoms with E-state index in [1.54, 1.807) is 29.2 Å². The molecule has 4 nitrogen and oxygen atoms in total. The second-order valence-corrected chi connectivity index (χ2v) is 6.67. The number of carbonyl (C=O) groups is 1. The SMILES string of the molecule is CCN(CC)C(=O)c1cnc(Nc2cccc(F)c2Cl)c2cccc(Cl)c12. The van der Waals surface area contributed by atoms with Gasteiger partial charge in [0.25, 0.3) is 5.91 Å². The van der Waals surface area contributed by atoms with Crippen LogP contribution < -0.4 is 5.32 Å². The number of benzene rings is 2. The first kappa shape index (κ1) is 19.4. The van der Waals surface area contributed by atoms with Crippen molar-refractivity contribution in [1.82, 2.24) is 9.88 Å². The second-order valence-electron chi connectivity index (χ2n) is 5.89. The highest BCUT2D eigenvalue weighted by molar-refractivity contribution is 6.37. The van der Waals surface area contributed by atoms with E-state index in [1.165, 1.54) is 12.3 Å². The van der Waals surface area contributed by atoms with E-state index in [4.69, 9.17) is 23.2 Å². The van der Waals surface area contributed by atoms with Crippen molar-refractivity contribution in [3.05, 3.63) is 64.0 Å². The van der Waals surface area contributed by atoms with Gasteiger partial charge in [0.05, 0.1) is 16.3 Å². The molecule has 1 aromatic heterocycles. The minimum Gasteiger partial charge on any atom is -0.339 e. The highest BCUT2D eigenvalue weighted by Gasteiger charge is 2.20. The fourth-order valence-corrected chi connectivity index (χ4v) is 3.38. The Morgan fingerprint density at radius 1 is 1.15 bits per heavy atom. The molecule has 7 heteroatoms. The van der Waals surface area contributed by atoms with Gasteiger partial charge in [-0.1, -0.05) is 41.4 Å². The number of nitrogens with one attached hydrogen (secondary N) is 1. The van der Waals surface area contributed by atoms with Gasteiger partial charge in [0.2, 0.25) is 0 Å². The second kappa shape index (κ2) is 8.11. The molecule has 0 aliphatic carbocycles. The highest BCUT2D eigenvalue weighted by atomic mass is 35.5. The number of hydrogen-bond acceptors (Lipinski definition) is 3. The van der Waals surface area contributed by atoms with Crippen LogP contribution in [0.1, 0.15) is 24.2 Å². The molecule has 2 aromatic carbocycles. The summed E-state index contributed by atoms with van der Waals surface area (Å²) < 4.78 is 13.7. The highest BCUT2D eigenvalue weighted by Crippen LogP contribution is 2.34. The Hall–Kier alpha value is -2.37. The van der Waals surface area contributed by atoms with Crippen LogP contribution in [0, 0.1) is 5.82 Å². The minimum atomic E-state index is -0.530. The molecule has 0 aliphatic heterocycles. The van der Waals surface area contributed by atoms with Gasteiger partial charge in [-0.05, 0) is 32.0 Å². The number of rotatable bonds is 5. The zero-order valence-electron chi connectivity index (χ0n) is 14.9. The lowest BCUT2D eigenvalue weighted by atomic mass is 10.1. The lowest BCUT2D eigenvalue weighted by molar-refractivity contribution is 0.0774. The van der Waals surface area contributed by atoms with Gasteiger partial charge >= 0.3 is 0 Å². The normalized spacial score (nSPS) is 10.9. The Morgan fingerprint density at radius 2 is 1.85 bits per heavy atom. The molecule has 0 fully saturated rings. The lowest BCUT2D eigenvalue weighted by Gasteiger charge is -2.20. The van der Waals surface area contributed by atoms with Crippen molar-refractivity contribution in [2.45, 2.75) is 13.8 Å². The number of aromatic nitrogens is 1. The number of halogens is 3. The van der Waals surface area contributed by atoms with Crippen LogP contribution in [0.25, 0.3) is 10.8 Å². The Balaban J connectivity index is 2.15. The zero-order chi connectivity index (χ0) is 19.6. The van der Waals surface area contributed by atoms with E-state index in [1.807, 2.05) is 19.9 Å². The third kappa shape index (κ3) is 3.70. The van der Waals surface area contributed by atoms with Crippen molar-refractivity contribution in [2.24, 2.45) is 0 Å². The predicted molar refractivity (Wildman–Crippen MR) is 109 cm³/mol. The Labute approximate surface area is 166 Å². The first-order valence-electron chi connectivity index (χ1n) is 8.55. The van der Waals surface area contributed by atoms with Crippen LogP contribution in [0.2, 0.25) is 10.0 Å². The quantitative estimate of drug-likeness (QED) is 0.573. The average molecular weight is 406 g/mol. The van der Waals surface area contributed by atoms with Crippen LogP contribution in [0.3, 0.4) is 0 Å². The van der Waals surface area contributed by atoms with Crippen LogP contribution in [0.15, 0.2) is 42.6 Å². The average Bonchev–Trinajstić information content (AvgIpc) is 2.67. The van der Waals surface area contributed by atoms with Gasteiger partial charge in [-0.15, -0.1) is 0 Å². The van der Waals surface area contributed by atoms with Crippen molar-refractivity contribution in [3.8, 4) is 0 Å². The van der Waals surface area contributed by atoms with Gasteiger partial charge in [-0.3, -0.25) is 4.79 Å². The Bertz CT molecular complexity index is 1010. The molecule has 0 unspecified atom stereocenters. The molecular weight excluding hydrogens is 388 g/mol. The summed E-state index contributed by atoms with van der Waals surface area (Å²) in [5.41, 5.74) is 0.809. The van der Waals surface area contributed by atoms with Crippen LogP contribution >= 0.6 is 23.2 Å². The van der Waals surface area contributed by atoms with E-state index >= 15 is 0 Å². The van der Waals surface area contributed by atoms with E-state index < -0.39 is 5.82 Å². The van der Waals surface area contributed by atoms with Crippen LogP contribution in [-0.2, 0) is 0 Å². The topological polar surface area (TPSA) is 45.2 Å². The molecule has 0 spiro atoms. The molecule has 27 heavy (non-hydrogen) atoms. The summed E-state index contributed by atoms with van der Waals surface area (Å²) in [5, 5.41) is 4.71. The first-order valence-corrected chi connectivity index (χ1v) is 9.31. The molecule has 1 heterocycles.